The van der Waals surface area contributed by atoms with Crippen molar-refractivity contribution in [1.29, 1.82) is 0 Å². The fourth-order valence-electron chi connectivity index (χ4n) is 2.10. The standard InChI is InChI=1S/C10H19NO5/c1-3-6-8(11-5(2)13)10(15)16-7(4-12)9(6)14/h6-10,12,14-15H,3-4H2,1-2H3,(H,11,13)/t6-,7-,8+,9+,10?/m1/s1. The fraction of sp³-hybridized carbons (Fsp3) is 0.900. The van der Waals surface area contributed by atoms with E-state index in [0.29, 0.717) is 6.42 Å². The number of aliphatic hydroxyl groups is 3. The summed E-state index contributed by atoms with van der Waals surface area (Å²) in [5, 5.41) is 31.1. The van der Waals surface area contributed by atoms with Gasteiger partial charge in [0.1, 0.15) is 6.10 Å². The lowest BCUT2D eigenvalue weighted by Crippen LogP contribution is -2.60. The van der Waals surface area contributed by atoms with Crippen LogP contribution in [0.25, 0.3) is 0 Å². The van der Waals surface area contributed by atoms with Gasteiger partial charge in [-0.1, -0.05) is 6.92 Å². The summed E-state index contributed by atoms with van der Waals surface area (Å²) < 4.78 is 5.03. The molecule has 1 aliphatic heterocycles. The number of hydrogen-bond acceptors (Lipinski definition) is 5. The maximum absolute atomic E-state index is 11.0. The molecule has 0 aromatic carbocycles. The molecular formula is C10H19NO5. The molecule has 0 aromatic heterocycles. The number of amides is 1. The van der Waals surface area contributed by atoms with Crippen LogP contribution in [0.1, 0.15) is 20.3 Å². The summed E-state index contributed by atoms with van der Waals surface area (Å²) in [6, 6.07) is -0.639. The van der Waals surface area contributed by atoms with E-state index in [9.17, 15) is 15.0 Å². The first-order valence-electron chi connectivity index (χ1n) is 5.40. The first-order chi connectivity index (χ1) is 7.51. The molecule has 1 unspecified atom stereocenters. The molecular weight excluding hydrogens is 214 g/mol. The van der Waals surface area contributed by atoms with E-state index >= 15 is 0 Å². The number of ether oxygens (including phenoxy) is 1. The first kappa shape index (κ1) is 13.4. The molecule has 0 bridgehead atoms. The molecule has 1 heterocycles. The highest BCUT2D eigenvalue weighted by Crippen LogP contribution is 2.27. The lowest BCUT2D eigenvalue weighted by Gasteiger charge is -2.42. The molecule has 6 nitrogen and oxygen atoms in total. The van der Waals surface area contributed by atoms with E-state index in [4.69, 9.17) is 9.84 Å². The van der Waals surface area contributed by atoms with Crippen molar-refractivity contribution in [3.8, 4) is 0 Å². The molecule has 6 heteroatoms. The number of carbonyl (C=O) groups is 1. The Hall–Kier alpha value is -0.690. The summed E-state index contributed by atoms with van der Waals surface area (Å²) in [5.41, 5.74) is 0. The van der Waals surface area contributed by atoms with E-state index in [1.54, 1.807) is 0 Å². The summed E-state index contributed by atoms with van der Waals surface area (Å²) in [6.07, 6.45) is -2.32. The predicted molar refractivity (Wildman–Crippen MR) is 55.4 cm³/mol. The van der Waals surface area contributed by atoms with Crippen LogP contribution in [0.2, 0.25) is 0 Å². The smallest absolute Gasteiger partial charge is 0.217 e. The van der Waals surface area contributed by atoms with Crippen LogP contribution >= 0.6 is 0 Å². The maximum atomic E-state index is 11.0. The maximum Gasteiger partial charge on any atom is 0.217 e. The monoisotopic (exact) mass is 233 g/mol. The molecule has 0 radical (unpaired) electrons. The number of rotatable bonds is 3. The third-order valence-corrected chi connectivity index (χ3v) is 2.92. The van der Waals surface area contributed by atoms with E-state index in [1.807, 2.05) is 6.92 Å². The molecule has 0 saturated carbocycles. The van der Waals surface area contributed by atoms with E-state index in [0.717, 1.165) is 0 Å². The van der Waals surface area contributed by atoms with Gasteiger partial charge in [-0.25, -0.2) is 0 Å². The van der Waals surface area contributed by atoms with Crippen molar-refractivity contribution in [2.24, 2.45) is 5.92 Å². The Labute approximate surface area is 94.2 Å². The zero-order chi connectivity index (χ0) is 12.3. The largest absolute Gasteiger partial charge is 0.394 e. The summed E-state index contributed by atoms with van der Waals surface area (Å²) in [5.74, 6) is -0.620. The number of nitrogens with one attached hydrogen (secondary N) is 1. The normalized spacial score (nSPS) is 39.4. The second kappa shape index (κ2) is 5.58. The van der Waals surface area contributed by atoms with Crippen LogP contribution in [-0.4, -0.2) is 52.4 Å². The van der Waals surface area contributed by atoms with Crippen molar-refractivity contribution in [2.75, 3.05) is 6.61 Å². The summed E-state index contributed by atoms with van der Waals surface area (Å²) in [7, 11) is 0. The van der Waals surface area contributed by atoms with E-state index < -0.39 is 24.5 Å². The Kier molecular flexibility index (Phi) is 4.67. The van der Waals surface area contributed by atoms with Crippen LogP contribution < -0.4 is 5.32 Å². The Bertz CT molecular complexity index is 247. The average Bonchev–Trinajstić information content (AvgIpc) is 2.23. The van der Waals surface area contributed by atoms with E-state index in [-0.39, 0.29) is 18.4 Å². The summed E-state index contributed by atoms with van der Waals surface area (Å²) >= 11 is 0. The molecule has 1 fully saturated rings. The van der Waals surface area contributed by atoms with Gasteiger partial charge in [0.15, 0.2) is 6.29 Å². The molecule has 16 heavy (non-hydrogen) atoms. The van der Waals surface area contributed by atoms with Crippen molar-refractivity contribution >= 4 is 5.91 Å². The highest BCUT2D eigenvalue weighted by Gasteiger charge is 2.43. The molecule has 4 N–H and O–H groups in total. The third-order valence-electron chi connectivity index (χ3n) is 2.92. The molecule has 94 valence electrons. The van der Waals surface area contributed by atoms with Gasteiger partial charge in [0.05, 0.1) is 18.8 Å². The van der Waals surface area contributed by atoms with Crippen LogP contribution in [0.3, 0.4) is 0 Å². The number of hydrogen-bond donors (Lipinski definition) is 4. The van der Waals surface area contributed by atoms with Crippen molar-refractivity contribution in [3.05, 3.63) is 0 Å². The van der Waals surface area contributed by atoms with Gasteiger partial charge < -0.3 is 25.4 Å². The second-order valence-electron chi connectivity index (χ2n) is 4.04. The summed E-state index contributed by atoms with van der Waals surface area (Å²) in [4.78, 5) is 11.0. The van der Waals surface area contributed by atoms with Gasteiger partial charge in [0.25, 0.3) is 0 Å². The Morgan fingerprint density at radius 1 is 1.44 bits per heavy atom. The predicted octanol–water partition coefficient (Wildman–Crippen LogP) is -1.41. The third kappa shape index (κ3) is 2.70. The molecule has 1 amide bonds. The zero-order valence-electron chi connectivity index (χ0n) is 9.46. The molecule has 1 aliphatic rings. The van der Waals surface area contributed by atoms with Crippen LogP contribution in [0.15, 0.2) is 0 Å². The minimum absolute atomic E-state index is 0.291. The van der Waals surface area contributed by atoms with Crippen molar-refractivity contribution < 1.29 is 24.9 Å². The quantitative estimate of drug-likeness (QED) is 0.480. The van der Waals surface area contributed by atoms with Gasteiger partial charge in [-0.15, -0.1) is 0 Å². The van der Waals surface area contributed by atoms with Gasteiger partial charge in [-0.05, 0) is 6.42 Å². The van der Waals surface area contributed by atoms with Crippen molar-refractivity contribution in [3.63, 3.8) is 0 Å². The van der Waals surface area contributed by atoms with E-state index in [1.165, 1.54) is 6.92 Å². The molecule has 0 spiro atoms. The Morgan fingerprint density at radius 3 is 2.50 bits per heavy atom. The molecule has 1 saturated heterocycles. The lowest BCUT2D eigenvalue weighted by molar-refractivity contribution is -0.241. The van der Waals surface area contributed by atoms with Crippen LogP contribution in [0.5, 0.6) is 0 Å². The second-order valence-corrected chi connectivity index (χ2v) is 4.04. The molecule has 0 aliphatic carbocycles. The van der Waals surface area contributed by atoms with Gasteiger partial charge in [-0.3, -0.25) is 4.79 Å². The van der Waals surface area contributed by atoms with E-state index in [2.05, 4.69) is 5.32 Å². The average molecular weight is 233 g/mol. The van der Waals surface area contributed by atoms with Crippen LogP contribution in [-0.2, 0) is 9.53 Å². The SMILES string of the molecule is CC[C@H]1[C@H](O)[C@@H](CO)OC(O)[C@H]1NC(C)=O. The first-order valence-corrected chi connectivity index (χ1v) is 5.40. The number of aliphatic hydroxyl groups excluding tert-OH is 3. The van der Waals surface area contributed by atoms with Gasteiger partial charge in [-0.2, -0.15) is 0 Å². The van der Waals surface area contributed by atoms with Crippen LogP contribution in [0.4, 0.5) is 0 Å². The van der Waals surface area contributed by atoms with Crippen molar-refractivity contribution in [2.45, 2.75) is 44.8 Å². The Balaban J connectivity index is 2.78. The van der Waals surface area contributed by atoms with Gasteiger partial charge in [0, 0.05) is 12.8 Å². The molecule has 5 atom stereocenters. The van der Waals surface area contributed by atoms with Crippen LogP contribution in [0, 0.1) is 5.92 Å². The summed E-state index contributed by atoms with van der Waals surface area (Å²) in [6.45, 7) is 2.82. The molecule has 0 aromatic rings. The van der Waals surface area contributed by atoms with Crippen molar-refractivity contribution in [1.82, 2.24) is 5.32 Å². The minimum atomic E-state index is -1.20. The number of carbonyl (C=O) groups excluding carboxylic acids is 1. The van der Waals surface area contributed by atoms with Gasteiger partial charge in [0.2, 0.25) is 5.91 Å². The fourth-order valence-corrected chi connectivity index (χ4v) is 2.10. The highest BCUT2D eigenvalue weighted by atomic mass is 16.6. The highest BCUT2D eigenvalue weighted by molar-refractivity contribution is 5.73. The zero-order valence-corrected chi connectivity index (χ0v) is 9.46. The topological polar surface area (TPSA) is 99.0 Å². The van der Waals surface area contributed by atoms with Gasteiger partial charge >= 0.3 is 0 Å². The molecule has 1 rings (SSSR count). The lowest BCUT2D eigenvalue weighted by atomic mass is 9.85. The minimum Gasteiger partial charge on any atom is -0.394 e. The Morgan fingerprint density at radius 2 is 2.06 bits per heavy atom.